The van der Waals surface area contributed by atoms with Crippen LogP contribution in [0.3, 0.4) is 0 Å². The molecular weight excluding hydrogens is 548 g/mol. The van der Waals surface area contributed by atoms with Crippen molar-refractivity contribution in [1.82, 2.24) is 0 Å². The smallest absolute Gasteiger partial charge is 0.293 e. The van der Waals surface area contributed by atoms with Crippen molar-refractivity contribution in [3.63, 3.8) is 0 Å². The van der Waals surface area contributed by atoms with Crippen LogP contribution in [-0.2, 0) is 4.79 Å². The Balaban J connectivity index is 1.49. The third-order valence-electron chi connectivity index (χ3n) is 10.6. The fraction of sp³-hybridized carbons (Fsp3) is 0.486. The first kappa shape index (κ1) is 28.9. The number of fused-ring (bicyclic) bond motifs is 4. The van der Waals surface area contributed by atoms with Crippen LogP contribution in [0.25, 0.3) is 16.3 Å². The molecule has 3 aromatic rings. The Morgan fingerprint density at radius 2 is 1.57 bits per heavy atom. The van der Waals surface area contributed by atoms with Crippen LogP contribution in [0.15, 0.2) is 54.1 Å². The summed E-state index contributed by atoms with van der Waals surface area (Å²) in [7, 11) is 0. The molecule has 7 rings (SSSR count). The lowest BCUT2D eigenvalue weighted by atomic mass is 9.67. The van der Waals surface area contributed by atoms with E-state index in [-0.39, 0.29) is 27.9 Å². The van der Waals surface area contributed by atoms with Gasteiger partial charge in [-0.1, -0.05) is 44.2 Å². The lowest BCUT2D eigenvalue weighted by molar-refractivity contribution is -0.384. The number of benzene rings is 3. The molecule has 1 N–H and O–H groups in total. The highest BCUT2D eigenvalue weighted by atomic mass is 16.6. The molecule has 44 heavy (non-hydrogen) atoms. The second-order valence-corrected chi connectivity index (χ2v) is 14.4. The van der Waals surface area contributed by atoms with Gasteiger partial charge < -0.3 is 15.1 Å². The van der Waals surface area contributed by atoms with Crippen molar-refractivity contribution >= 4 is 44.9 Å². The molecule has 1 aliphatic carbocycles. The number of rotatable bonds is 4. The fourth-order valence-electron chi connectivity index (χ4n) is 8.42. The average molecular weight is 593 g/mol. The van der Waals surface area contributed by atoms with Gasteiger partial charge in [-0.3, -0.25) is 14.9 Å². The number of piperidine rings is 2. The average Bonchev–Trinajstić information content (AvgIpc) is 2.99. The van der Waals surface area contributed by atoms with E-state index in [4.69, 9.17) is 0 Å². The molecule has 0 amide bonds. The minimum absolute atomic E-state index is 0.138. The molecule has 3 heterocycles. The molecule has 230 valence electrons. The Hall–Kier alpha value is -3.87. The maximum atomic E-state index is 14.2. The van der Waals surface area contributed by atoms with Gasteiger partial charge in [-0.2, -0.15) is 0 Å². The highest BCUT2D eigenvalue weighted by molar-refractivity contribution is 6.13. The molecule has 0 bridgehead atoms. The Labute approximate surface area is 260 Å². The van der Waals surface area contributed by atoms with E-state index in [1.807, 2.05) is 6.07 Å². The van der Waals surface area contributed by atoms with E-state index < -0.39 is 6.04 Å². The van der Waals surface area contributed by atoms with Crippen LogP contribution in [0, 0.1) is 15.5 Å². The largest absolute Gasteiger partial charge is 0.373 e. The van der Waals surface area contributed by atoms with E-state index in [0.717, 1.165) is 96.0 Å². The van der Waals surface area contributed by atoms with Gasteiger partial charge in [0.1, 0.15) is 5.69 Å². The van der Waals surface area contributed by atoms with E-state index in [0.29, 0.717) is 18.2 Å². The van der Waals surface area contributed by atoms with Crippen molar-refractivity contribution in [3.8, 4) is 0 Å². The van der Waals surface area contributed by atoms with Gasteiger partial charge in [-0.25, -0.2) is 0 Å². The van der Waals surface area contributed by atoms with E-state index in [1.54, 1.807) is 0 Å². The number of nitro groups is 1. The maximum absolute atomic E-state index is 14.2. The Morgan fingerprint density at radius 3 is 2.25 bits per heavy atom. The summed E-state index contributed by atoms with van der Waals surface area (Å²) >= 11 is 0. The number of nitro benzene ring substituents is 1. The zero-order valence-corrected chi connectivity index (χ0v) is 26.5. The molecule has 0 saturated carbocycles. The number of ketones is 1. The monoisotopic (exact) mass is 592 g/mol. The number of Topliss-reactive ketones (excluding diaryl/α,β-unsaturated/α-hetero) is 1. The van der Waals surface area contributed by atoms with Gasteiger partial charge in [0.05, 0.1) is 11.0 Å². The van der Waals surface area contributed by atoms with Gasteiger partial charge in [0.25, 0.3) is 5.69 Å². The number of anilines is 3. The molecule has 3 aliphatic heterocycles. The summed E-state index contributed by atoms with van der Waals surface area (Å²) < 4.78 is 0. The zero-order chi connectivity index (χ0) is 30.7. The molecule has 2 fully saturated rings. The number of nitrogens with one attached hydrogen (secondary N) is 1. The van der Waals surface area contributed by atoms with E-state index in [9.17, 15) is 14.9 Å². The molecule has 2 saturated heterocycles. The van der Waals surface area contributed by atoms with Crippen LogP contribution >= 0.6 is 0 Å². The van der Waals surface area contributed by atoms with Crippen molar-refractivity contribution < 1.29 is 9.72 Å². The minimum atomic E-state index is -0.460. The summed E-state index contributed by atoms with van der Waals surface area (Å²) in [5.41, 5.74) is 6.54. The number of carbonyl (C=O) groups is 1. The Bertz CT molecular complexity index is 1690. The van der Waals surface area contributed by atoms with Crippen LogP contribution < -0.4 is 15.1 Å². The second-order valence-electron chi connectivity index (χ2n) is 14.4. The number of hydrogen-bond donors (Lipinski definition) is 1. The number of nitrogens with zero attached hydrogens (tertiary/aromatic N) is 3. The third kappa shape index (κ3) is 4.85. The molecule has 0 aromatic heterocycles. The summed E-state index contributed by atoms with van der Waals surface area (Å²) in [6.07, 6.45) is 7.82. The summed E-state index contributed by atoms with van der Waals surface area (Å²) in [5, 5.41) is 18.9. The van der Waals surface area contributed by atoms with Crippen LogP contribution in [-0.4, -0.2) is 35.9 Å². The molecule has 3 atom stereocenters. The molecule has 7 heteroatoms. The summed E-state index contributed by atoms with van der Waals surface area (Å²) in [6, 6.07) is 16.6. The van der Waals surface area contributed by atoms with Crippen molar-refractivity contribution in [2.45, 2.75) is 97.2 Å². The molecule has 0 spiro atoms. The second kappa shape index (κ2) is 10.9. The first-order chi connectivity index (χ1) is 21.1. The first-order valence-electron chi connectivity index (χ1n) is 16.5. The normalized spacial score (nSPS) is 25.0. The van der Waals surface area contributed by atoms with Crippen molar-refractivity contribution in [2.24, 2.45) is 5.41 Å². The predicted octanol–water partition coefficient (Wildman–Crippen LogP) is 8.82. The molecule has 3 aromatic carbocycles. The topological polar surface area (TPSA) is 78.7 Å². The van der Waals surface area contributed by atoms with Gasteiger partial charge in [-0.05, 0) is 92.7 Å². The Kier molecular flexibility index (Phi) is 7.18. The van der Waals surface area contributed by atoms with Gasteiger partial charge in [0, 0.05) is 65.7 Å². The van der Waals surface area contributed by atoms with Gasteiger partial charge in [0.15, 0.2) is 5.78 Å². The Morgan fingerprint density at radius 1 is 0.886 bits per heavy atom. The number of hydrogen-bond acceptors (Lipinski definition) is 6. The first-order valence-corrected chi connectivity index (χ1v) is 16.5. The van der Waals surface area contributed by atoms with Crippen LogP contribution in [0.2, 0.25) is 0 Å². The SMILES string of the molecule is C[C@@H]1CCCCN1c1cc(N2CCCC[C@@H]2C)c([N+](=O)[O-])cc1[C@@H]1Nc2ccc3ccccc3c2C2=C1C(=O)CC(C)(C)C2. The molecule has 7 nitrogen and oxygen atoms in total. The standard InChI is InChI=1S/C37H44N4O3/c1-23-11-7-9-17-39(23)30-20-31(40-18-10-8-12-24(40)2)32(41(43)44)19-27(30)36-35-28(21-37(3,4)22-33(35)42)34-26-14-6-5-13-25(26)15-16-29(34)38-36/h5-6,13-16,19-20,23-24,36,38H,7-12,17-18,21-22H2,1-4H3/t23-,24+,36+/m1/s1. The van der Waals surface area contributed by atoms with Gasteiger partial charge in [0.2, 0.25) is 0 Å². The van der Waals surface area contributed by atoms with Gasteiger partial charge >= 0.3 is 0 Å². The van der Waals surface area contributed by atoms with Crippen molar-refractivity contribution in [1.29, 1.82) is 0 Å². The fourth-order valence-corrected chi connectivity index (χ4v) is 8.42. The molecule has 4 aliphatic rings. The molecular formula is C37H44N4O3. The van der Waals surface area contributed by atoms with E-state index in [1.165, 1.54) is 6.42 Å². The molecule has 0 unspecified atom stereocenters. The van der Waals surface area contributed by atoms with E-state index >= 15 is 0 Å². The lowest BCUT2D eigenvalue weighted by Crippen LogP contribution is -2.41. The zero-order valence-electron chi connectivity index (χ0n) is 26.5. The number of carbonyl (C=O) groups excluding carboxylic acids is 1. The van der Waals surface area contributed by atoms with Crippen LogP contribution in [0.5, 0.6) is 0 Å². The van der Waals surface area contributed by atoms with Crippen LogP contribution in [0.4, 0.5) is 22.7 Å². The summed E-state index contributed by atoms with van der Waals surface area (Å²) in [6.45, 7) is 10.5. The minimum Gasteiger partial charge on any atom is -0.373 e. The maximum Gasteiger partial charge on any atom is 0.293 e. The van der Waals surface area contributed by atoms with E-state index in [2.05, 4.69) is 85.3 Å². The van der Waals surface area contributed by atoms with Crippen LogP contribution in [0.1, 0.15) is 96.2 Å². The third-order valence-corrected chi connectivity index (χ3v) is 10.6. The summed E-state index contributed by atoms with van der Waals surface area (Å²) in [4.78, 5) is 31.5. The van der Waals surface area contributed by atoms with Crippen molar-refractivity contribution in [2.75, 3.05) is 28.2 Å². The lowest BCUT2D eigenvalue weighted by Gasteiger charge is -2.43. The quantitative estimate of drug-likeness (QED) is 0.241. The summed E-state index contributed by atoms with van der Waals surface area (Å²) in [5.74, 6) is 0.140. The highest BCUT2D eigenvalue weighted by Crippen LogP contribution is 2.54. The molecule has 0 radical (unpaired) electrons. The highest BCUT2D eigenvalue weighted by Gasteiger charge is 2.43. The van der Waals surface area contributed by atoms with Gasteiger partial charge in [-0.15, -0.1) is 0 Å². The van der Waals surface area contributed by atoms with Crippen molar-refractivity contribution in [3.05, 3.63) is 75.3 Å². The predicted molar refractivity (Wildman–Crippen MR) is 180 cm³/mol. The number of allylic oxidation sites excluding steroid dienone is 1.